The molecule has 6 heteroatoms. The number of carboxylic acid groups (broad SMARTS) is 1. The SMILES string of the molecule is C[C@@H](CC(=O)O)C[C@@H](N)C(F)(F)F. The number of hydrogen-bond acceptors (Lipinski definition) is 2. The van der Waals surface area contributed by atoms with Crippen LogP contribution in [0.3, 0.4) is 0 Å². The molecular weight excluding hydrogens is 187 g/mol. The monoisotopic (exact) mass is 199 g/mol. The van der Waals surface area contributed by atoms with E-state index >= 15 is 0 Å². The zero-order valence-electron chi connectivity index (χ0n) is 7.14. The summed E-state index contributed by atoms with van der Waals surface area (Å²) >= 11 is 0. The van der Waals surface area contributed by atoms with Gasteiger partial charge in [-0.3, -0.25) is 4.79 Å². The van der Waals surface area contributed by atoms with Crippen molar-refractivity contribution in [3.8, 4) is 0 Å². The lowest BCUT2D eigenvalue weighted by atomic mass is 9.99. The Morgan fingerprint density at radius 3 is 2.31 bits per heavy atom. The van der Waals surface area contributed by atoms with E-state index in [2.05, 4.69) is 0 Å². The van der Waals surface area contributed by atoms with Crippen LogP contribution in [0, 0.1) is 5.92 Å². The highest BCUT2D eigenvalue weighted by atomic mass is 19.4. The first-order valence-corrected chi connectivity index (χ1v) is 3.77. The minimum absolute atomic E-state index is 0.288. The first-order valence-electron chi connectivity index (χ1n) is 3.77. The Kier molecular flexibility index (Phi) is 4.19. The van der Waals surface area contributed by atoms with Crippen LogP contribution in [0.4, 0.5) is 13.2 Å². The summed E-state index contributed by atoms with van der Waals surface area (Å²) in [6.07, 6.45) is -5.08. The van der Waals surface area contributed by atoms with Gasteiger partial charge < -0.3 is 10.8 Å². The Hall–Kier alpha value is -0.780. The van der Waals surface area contributed by atoms with Gasteiger partial charge in [-0.2, -0.15) is 13.2 Å². The van der Waals surface area contributed by atoms with Crippen LogP contribution in [0.2, 0.25) is 0 Å². The van der Waals surface area contributed by atoms with E-state index in [0.717, 1.165) is 0 Å². The maximum absolute atomic E-state index is 11.9. The lowest BCUT2D eigenvalue weighted by molar-refractivity contribution is -0.153. The molecule has 0 fully saturated rings. The molecule has 0 aliphatic rings. The molecular formula is C7H12F3NO2. The highest BCUT2D eigenvalue weighted by molar-refractivity contribution is 5.66. The van der Waals surface area contributed by atoms with Crippen LogP contribution in [0.25, 0.3) is 0 Å². The summed E-state index contributed by atoms with van der Waals surface area (Å²) in [5, 5.41) is 8.28. The molecule has 0 aromatic carbocycles. The Labute approximate surface area is 73.7 Å². The van der Waals surface area contributed by atoms with Crippen molar-refractivity contribution < 1.29 is 23.1 Å². The fourth-order valence-corrected chi connectivity index (χ4v) is 0.949. The van der Waals surface area contributed by atoms with Crippen molar-refractivity contribution in [2.75, 3.05) is 0 Å². The second-order valence-corrected chi connectivity index (χ2v) is 3.09. The normalized spacial score (nSPS) is 16.7. The molecule has 0 rings (SSSR count). The van der Waals surface area contributed by atoms with Gasteiger partial charge in [0.25, 0.3) is 0 Å². The largest absolute Gasteiger partial charge is 0.481 e. The van der Waals surface area contributed by atoms with Gasteiger partial charge in [0.1, 0.15) is 6.04 Å². The van der Waals surface area contributed by atoms with E-state index in [-0.39, 0.29) is 12.8 Å². The highest BCUT2D eigenvalue weighted by Gasteiger charge is 2.37. The van der Waals surface area contributed by atoms with E-state index in [9.17, 15) is 18.0 Å². The Balaban J connectivity index is 3.92. The average molecular weight is 199 g/mol. The number of carbonyl (C=O) groups is 1. The van der Waals surface area contributed by atoms with E-state index in [1.807, 2.05) is 0 Å². The topological polar surface area (TPSA) is 63.3 Å². The minimum atomic E-state index is -4.44. The molecule has 3 N–H and O–H groups in total. The molecule has 0 unspecified atom stereocenters. The smallest absolute Gasteiger partial charge is 0.403 e. The number of carboxylic acids is 1. The van der Waals surface area contributed by atoms with E-state index in [1.54, 1.807) is 0 Å². The second kappa shape index (κ2) is 4.45. The average Bonchev–Trinajstić information content (AvgIpc) is 1.82. The molecule has 0 aliphatic carbocycles. The lowest BCUT2D eigenvalue weighted by Gasteiger charge is -2.18. The number of rotatable bonds is 4. The second-order valence-electron chi connectivity index (χ2n) is 3.09. The lowest BCUT2D eigenvalue weighted by Crippen LogP contribution is -2.38. The molecule has 0 aromatic heterocycles. The van der Waals surface area contributed by atoms with Crippen molar-refractivity contribution in [2.24, 2.45) is 11.7 Å². The molecule has 2 atom stereocenters. The molecule has 0 aliphatic heterocycles. The van der Waals surface area contributed by atoms with Gasteiger partial charge in [0, 0.05) is 6.42 Å². The van der Waals surface area contributed by atoms with E-state index in [4.69, 9.17) is 10.8 Å². The first-order chi connectivity index (χ1) is 5.73. The Morgan fingerprint density at radius 1 is 1.54 bits per heavy atom. The predicted molar refractivity (Wildman–Crippen MR) is 40.1 cm³/mol. The fraction of sp³-hybridized carbons (Fsp3) is 0.857. The summed E-state index contributed by atoms with van der Waals surface area (Å²) in [4.78, 5) is 10.1. The number of aliphatic carboxylic acids is 1. The number of hydrogen-bond donors (Lipinski definition) is 2. The predicted octanol–water partition coefficient (Wildman–Crippen LogP) is 1.38. The van der Waals surface area contributed by atoms with E-state index in [0.29, 0.717) is 0 Å². The quantitative estimate of drug-likeness (QED) is 0.718. The van der Waals surface area contributed by atoms with Gasteiger partial charge in [-0.1, -0.05) is 6.92 Å². The molecule has 0 bridgehead atoms. The fourth-order valence-electron chi connectivity index (χ4n) is 0.949. The number of halogens is 3. The van der Waals surface area contributed by atoms with E-state index < -0.39 is 24.1 Å². The Morgan fingerprint density at radius 2 is 2.00 bits per heavy atom. The van der Waals surface area contributed by atoms with Gasteiger partial charge in [-0.25, -0.2) is 0 Å². The molecule has 13 heavy (non-hydrogen) atoms. The number of alkyl halides is 3. The molecule has 0 aromatic rings. The zero-order chi connectivity index (χ0) is 10.6. The highest BCUT2D eigenvalue weighted by Crippen LogP contribution is 2.24. The van der Waals surface area contributed by atoms with Crippen LogP contribution in [-0.4, -0.2) is 23.3 Å². The summed E-state index contributed by atoms with van der Waals surface area (Å²) < 4.78 is 35.6. The summed E-state index contributed by atoms with van der Waals surface area (Å²) in [6.45, 7) is 1.43. The molecule has 78 valence electrons. The van der Waals surface area contributed by atoms with E-state index in [1.165, 1.54) is 6.92 Å². The molecule has 0 radical (unpaired) electrons. The molecule has 3 nitrogen and oxygen atoms in total. The molecule has 0 spiro atoms. The first kappa shape index (κ1) is 12.2. The van der Waals surface area contributed by atoms with Crippen LogP contribution in [0.1, 0.15) is 19.8 Å². The van der Waals surface area contributed by atoms with Crippen LogP contribution >= 0.6 is 0 Å². The van der Waals surface area contributed by atoms with Crippen molar-refractivity contribution in [1.82, 2.24) is 0 Å². The molecule has 0 heterocycles. The third kappa shape index (κ3) is 5.46. The van der Waals surface area contributed by atoms with Crippen molar-refractivity contribution in [2.45, 2.75) is 32.0 Å². The van der Waals surface area contributed by atoms with Crippen LogP contribution in [-0.2, 0) is 4.79 Å². The maximum atomic E-state index is 11.9. The van der Waals surface area contributed by atoms with Crippen molar-refractivity contribution in [3.63, 3.8) is 0 Å². The van der Waals surface area contributed by atoms with Gasteiger partial charge in [0.2, 0.25) is 0 Å². The van der Waals surface area contributed by atoms with Crippen molar-refractivity contribution in [1.29, 1.82) is 0 Å². The van der Waals surface area contributed by atoms with Crippen molar-refractivity contribution >= 4 is 5.97 Å². The van der Waals surface area contributed by atoms with Crippen LogP contribution in [0.15, 0.2) is 0 Å². The van der Waals surface area contributed by atoms with Crippen molar-refractivity contribution in [3.05, 3.63) is 0 Å². The maximum Gasteiger partial charge on any atom is 0.403 e. The minimum Gasteiger partial charge on any atom is -0.481 e. The van der Waals surface area contributed by atoms with Gasteiger partial charge in [-0.15, -0.1) is 0 Å². The summed E-state index contributed by atoms with van der Waals surface area (Å²) in [5.41, 5.74) is 4.81. The molecule has 0 amide bonds. The summed E-state index contributed by atoms with van der Waals surface area (Å²) in [7, 11) is 0. The van der Waals surface area contributed by atoms with Crippen LogP contribution in [0.5, 0.6) is 0 Å². The number of nitrogens with two attached hydrogens (primary N) is 1. The zero-order valence-corrected chi connectivity index (χ0v) is 7.14. The molecule has 0 saturated heterocycles. The molecule has 0 saturated carbocycles. The summed E-state index contributed by atoms with van der Waals surface area (Å²) in [5.74, 6) is -1.67. The van der Waals surface area contributed by atoms with Gasteiger partial charge in [0.05, 0.1) is 0 Å². The van der Waals surface area contributed by atoms with Gasteiger partial charge in [0.15, 0.2) is 0 Å². The van der Waals surface area contributed by atoms with Crippen LogP contribution < -0.4 is 5.73 Å². The van der Waals surface area contributed by atoms with Gasteiger partial charge >= 0.3 is 12.1 Å². The summed E-state index contributed by atoms with van der Waals surface area (Å²) in [6, 6.07) is -1.93. The third-order valence-electron chi connectivity index (χ3n) is 1.60. The third-order valence-corrected chi connectivity index (χ3v) is 1.60. The Bertz CT molecular complexity index is 181. The standard InChI is InChI=1S/C7H12F3NO2/c1-4(3-6(12)13)2-5(11)7(8,9)10/h4-5H,2-3,11H2,1H3,(H,12,13)/t4-,5-/m1/s1. The van der Waals surface area contributed by atoms with Gasteiger partial charge in [-0.05, 0) is 12.3 Å².